The second-order valence-corrected chi connectivity index (χ2v) is 7.28. The van der Waals surface area contributed by atoms with Gasteiger partial charge < -0.3 is 20.9 Å². The normalized spacial score (nSPS) is 19.6. The number of aliphatic hydroxyl groups excluding tert-OH is 1. The van der Waals surface area contributed by atoms with E-state index in [1.165, 1.54) is 0 Å². The molecule has 148 valence electrons. The Bertz CT molecular complexity index is 957. The lowest BCUT2D eigenvalue weighted by atomic mass is 9.85. The van der Waals surface area contributed by atoms with Crippen molar-refractivity contribution < 1.29 is 9.84 Å². The molecule has 0 radical (unpaired) electrons. The molecular weight excluding hydrogens is 356 g/mol. The molecule has 4 rings (SSSR count). The standard InChI is InChI=1S/C20H26N6O2/c1-28-17-9-5-3-6-13(17)10-26-11-16-18(25-26)19(24-20(21)23-16)22-15-8-4-2-7-14(15)12-27/h3,5-6,9,11,14-15,27H,2,4,7-8,10,12H2,1H3,(H3,21,22,23,24)/t14-,15-/m0/s1. The number of hydrogen-bond donors (Lipinski definition) is 3. The van der Waals surface area contributed by atoms with E-state index in [0.29, 0.717) is 23.4 Å². The number of nitrogens with zero attached hydrogens (tertiary/aromatic N) is 4. The summed E-state index contributed by atoms with van der Waals surface area (Å²) in [6.45, 7) is 0.728. The number of hydrogen-bond acceptors (Lipinski definition) is 7. The molecule has 1 fully saturated rings. The predicted molar refractivity (Wildman–Crippen MR) is 108 cm³/mol. The first-order valence-electron chi connectivity index (χ1n) is 9.68. The van der Waals surface area contributed by atoms with Gasteiger partial charge in [0.05, 0.1) is 19.9 Å². The SMILES string of the molecule is COc1ccccc1Cn1cc2nc(N)nc(N[C@H]3CCCC[C@H]3CO)c2n1. The highest BCUT2D eigenvalue weighted by Crippen LogP contribution is 2.29. The molecule has 8 nitrogen and oxygen atoms in total. The molecular formula is C20H26N6O2. The van der Waals surface area contributed by atoms with E-state index in [1.807, 2.05) is 35.1 Å². The molecule has 4 N–H and O–H groups in total. The second kappa shape index (κ2) is 8.02. The van der Waals surface area contributed by atoms with E-state index in [-0.39, 0.29) is 24.5 Å². The second-order valence-electron chi connectivity index (χ2n) is 7.28. The first-order chi connectivity index (χ1) is 13.7. The van der Waals surface area contributed by atoms with Gasteiger partial charge in [0, 0.05) is 24.1 Å². The Hall–Kier alpha value is -2.87. The number of aliphatic hydroxyl groups is 1. The van der Waals surface area contributed by atoms with Gasteiger partial charge in [0.2, 0.25) is 5.95 Å². The van der Waals surface area contributed by atoms with E-state index in [2.05, 4.69) is 15.3 Å². The van der Waals surface area contributed by atoms with Crippen LogP contribution in [0, 0.1) is 5.92 Å². The van der Waals surface area contributed by atoms with Gasteiger partial charge in [0.1, 0.15) is 11.3 Å². The number of methoxy groups -OCH3 is 1. The summed E-state index contributed by atoms with van der Waals surface area (Å²) in [5, 5.41) is 17.9. The molecule has 1 saturated carbocycles. The summed E-state index contributed by atoms with van der Waals surface area (Å²) in [5.74, 6) is 1.88. The molecule has 0 amide bonds. The summed E-state index contributed by atoms with van der Waals surface area (Å²) < 4.78 is 7.26. The Kier molecular flexibility index (Phi) is 5.29. The topological polar surface area (TPSA) is 111 Å². The molecule has 28 heavy (non-hydrogen) atoms. The highest BCUT2D eigenvalue weighted by atomic mass is 16.5. The number of nitrogens with two attached hydrogens (primary N) is 1. The van der Waals surface area contributed by atoms with Gasteiger partial charge in [-0.2, -0.15) is 10.1 Å². The number of ether oxygens (including phenoxy) is 1. The third-order valence-corrected chi connectivity index (χ3v) is 5.42. The molecule has 2 heterocycles. The molecule has 3 aromatic rings. The summed E-state index contributed by atoms with van der Waals surface area (Å²) in [7, 11) is 1.66. The van der Waals surface area contributed by atoms with Gasteiger partial charge in [-0.3, -0.25) is 4.68 Å². The maximum atomic E-state index is 9.70. The van der Waals surface area contributed by atoms with Crippen LogP contribution in [0.5, 0.6) is 5.75 Å². The van der Waals surface area contributed by atoms with E-state index in [0.717, 1.165) is 37.0 Å². The molecule has 1 aliphatic carbocycles. The number of fused-ring (bicyclic) bond motifs is 1. The zero-order valence-corrected chi connectivity index (χ0v) is 16.0. The largest absolute Gasteiger partial charge is 0.496 e. The van der Waals surface area contributed by atoms with Crippen LogP contribution in [0.4, 0.5) is 11.8 Å². The summed E-state index contributed by atoms with van der Waals surface area (Å²) in [4.78, 5) is 8.73. The molecule has 0 aliphatic heterocycles. The molecule has 8 heteroatoms. The Morgan fingerprint density at radius 1 is 1.25 bits per heavy atom. The van der Waals surface area contributed by atoms with Crippen molar-refractivity contribution in [1.29, 1.82) is 0 Å². The van der Waals surface area contributed by atoms with Crippen LogP contribution in [0.15, 0.2) is 30.5 Å². The van der Waals surface area contributed by atoms with Crippen molar-refractivity contribution in [3.8, 4) is 5.75 Å². The Balaban J connectivity index is 1.64. The molecule has 0 bridgehead atoms. The fourth-order valence-corrected chi connectivity index (χ4v) is 3.96. The Labute approximate surface area is 163 Å². The van der Waals surface area contributed by atoms with Gasteiger partial charge in [-0.1, -0.05) is 31.0 Å². The van der Waals surface area contributed by atoms with E-state index in [9.17, 15) is 5.11 Å². The fraction of sp³-hybridized carbons (Fsp3) is 0.450. The third kappa shape index (κ3) is 3.73. The first-order valence-corrected chi connectivity index (χ1v) is 9.68. The zero-order valence-electron chi connectivity index (χ0n) is 16.0. The van der Waals surface area contributed by atoms with Crippen molar-refractivity contribution in [2.24, 2.45) is 5.92 Å². The van der Waals surface area contributed by atoms with Crippen LogP contribution in [0.25, 0.3) is 11.0 Å². The van der Waals surface area contributed by atoms with Crippen molar-refractivity contribution in [2.75, 3.05) is 24.8 Å². The minimum absolute atomic E-state index is 0.163. The highest BCUT2D eigenvalue weighted by Gasteiger charge is 2.26. The first kappa shape index (κ1) is 18.5. The van der Waals surface area contributed by atoms with Crippen LogP contribution in [0.3, 0.4) is 0 Å². The van der Waals surface area contributed by atoms with E-state index >= 15 is 0 Å². The van der Waals surface area contributed by atoms with Crippen LogP contribution in [0.1, 0.15) is 31.2 Å². The average molecular weight is 382 g/mol. The lowest BCUT2D eigenvalue weighted by Crippen LogP contribution is -2.34. The molecule has 2 aromatic heterocycles. The smallest absolute Gasteiger partial charge is 0.222 e. The minimum Gasteiger partial charge on any atom is -0.496 e. The van der Waals surface area contributed by atoms with Gasteiger partial charge in [0.25, 0.3) is 0 Å². The van der Waals surface area contributed by atoms with Gasteiger partial charge in [-0.25, -0.2) is 4.98 Å². The average Bonchev–Trinajstić information content (AvgIpc) is 3.11. The monoisotopic (exact) mass is 382 g/mol. The molecule has 2 atom stereocenters. The summed E-state index contributed by atoms with van der Waals surface area (Å²) in [5.41, 5.74) is 8.35. The lowest BCUT2D eigenvalue weighted by Gasteiger charge is -2.31. The Morgan fingerprint density at radius 2 is 2.07 bits per heavy atom. The van der Waals surface area contributed by atoms with Gasteiger partial charge >= 0.3 is 0 Å². The van der Waals surface area contributed by atoms with Crippen molar-refractivity contribution in [2.45, 2.75) is 38.3 Å². The van der Waals surface area contributed by atoms with E-state index in [4.69, 9.17) is 15.6 Å². The molecule has 0 saturated heterocycles. The summed E-state index contributed by atoms with van der Waals surface area (Å²) >= 11 is 0. The molecule has 0 spiro atoms. The van der Waals surface area contributed by atoms with Crippen LogP contribution >= 0.6 is 0 Å². The predicted octanol–water partition coefficient (Wildman–Crippen LogP) is 2.43. The molecule has 1 aliphatic rings. The van der Waals surface area contributed by atoms with Crippen LogP contribution < -0.4 is 15.8 Å². The van der Waals surface area contributed by atoms with Gasteiger partial charge in [-0.05, 0) is 18.9 Å². The van der Waals surface area contributed by atoms with E-state index in [1.54, 1.807) is 7.11 Å². The number of nitrogens with one attached hydrogen (secondary N) is 1. The Morgan fingerprint density at radius 3 is 2.89 bits per heavy atom. The molecule has 1 aromatic carbocycles. The van der Waals surface area contributed by atoms with Gasteiger partial charge in [0.15, 0.2) is 11.3 Å². The highest BCUT2D eigenvalue weighted by molar-refractivity contribution is 5.86. The van der Waals surface area contributed by atoms with Crippen molar-refractivity contribution in [3.05, 3.63) is 36.0 Å². The summed E-state index contributed by atoms with van der Waals surface area (Å²) in [6, 6.07) is 8.03. The van der Waals surface area contributed by atoms with Gasteiger partial charge in [-0.15, -0.1) is 0 Å². The van der Waals surface area contributed by atoms with Crippen molar-refractivity contribution >= 4 is 22.8 Å². The third-order valence-electron chi connectivity index (χ3n) is 5.42. The van der Waals surface area contributed by atoms with Crippen LogP contribution in [-0.4, -0.2) is 44.6 Å². The number of aromatic nitrogens is 4. The van der Waals surface area contributed by atoms with E-state index < -0.39 is 0 Å². The number of anilines is 2. The number of nitrogen functional groups attached to an aromatic ring is 1. The minimum atomic E-state index is 0.163. The van der Waals surface area contributed by atoms with Crippen molar-refractivity contribution in [3.63, 3.8) is 0 Å². The summed E-state index contributed by atoms with van der Waals surface area (Å²) in [6.07, 6.45) is 6.17. The maximum absolute atomic E-state index is 9.70. The van der Waals surface area contributed by atoms with Crippen LogP contribution in [-0.2, 0) is 6.54 Å². The fourth-order valence-electron chi connectivity index (χ4n) is 3.96. The quantitative estimate of drug-likeness (QED) is 0.600. The number of benzene rings is 1. The number of para-hydroxylation sites is 1. The number of rotatable bonds is 6. The molecule has 0 unspecified atom stereocenters. The lowest BCUT2D eigenvalue weighted by molar-refractivity contribution is 0.178. The zero-order chi connectivity index (χ0) is 19.5. The van der Waals surface area contributed by atoms with Crippen LogP contribution in [0.2, 0.25) is 0 Å². The maximum Gasteiger partial charge on any atom is 0.222 e. The van der Waals surface area contributed by atoms with Crippen molar-refractivity contribution in [1.82, 2.24) is 19.7 Å².